The summed E-state index contributed by atoms with van der Waals surface area (Å²) in [5, 5.41) is 9.73. The first-order valence-corrected chi connectivity index (χ1v) is 6.50. The van der Waals surface area contributed by atoms with Crippen LogP contribution in [0.25, 0.3) is 0 Å². The molecule has 1 fully saturated rings. The summed E-state index contributed by atoms with van der Waals surface area (Å²) in [4.78, 5) is 13.9. The number of rotatable bonds is 3. The highest BCUT2D eigenvalue weighted by Crippen LogP contribution is 2.46. The number of hydrogen-bond donors (Lipinski definition) is 1. The van der Waals surface area contributed by atoms with E-state index in [2.05, 4.69) is 0 Å². The Morgan fingerprint density at radius 2 is 1.89 bits per heavy atom. The molecular weight excluding hydrogens is 226 g/mol. The molecule has 0 aromatic heterocycles. The van der Waals surface area contributed by atoms with E-state index in [0.717, 1.165) is 42.5 Å². The van der Waals surface area contributed by atoms with E-state index in [1.807, 2.05) is 44.1 Å². The fourth-order valence-corrected chi connectivity index (χ4v) is 3.20. The van der Waals surface area contributed by atoms with Gasteiger partial charge < -0.3 is 10.0 Å². The van der Waals surface area contributed by atoms with Crippen molar-refractivity contribution < 1.29 is 9.90 Å². The summed E-state index contributed by atoms with van der Waals surface area (Å²) >= 11 is 0. The van der Waals surface area contributed by atoms with Crippen LogP contribution >= 0.6 is 0 Å². The fourth-order valence-electron chi connectivity index (χ4n) is 3.20. The van der Waals surface area contributed by atoms with Crippen molar-refractivity contribution in [3.05, 3.63) is 29.3 Å². The van der Waals surface area contributed by atoms with Crippen LogP contribution in [0.1, 0.15) is 36.8 Å². The monoisotopic (exact) mass is 247 g/mol. The SMILES string of the molecule is Cc1cccc(N(C)C)c1C1(C(=O)O)CCCC1. The van der Waals surface area contributed by atoms with Crippen molar-refractivity contribution in [2.24, 2.45) is 0 Å². The van der Waals surface area contributed by atoms with Crippen LogP contribution in [0.5, 0.6) is 0 Å². The van der Waals surface area contributed by atoms with Crippen molar-refractivity contribution in [1.82, 2.24) is 0 Å². The van der Waals surface area contributed by atoms with Gasteiger partial charge in [0.25, 0.3) is 0 Å². The average molecular weight is 247 g/mol. The molecule has 0 heterocycles. The second kappa shape index (κ2) is 4.63. The first-order valence-electron chi connectivity index (χ1n) is 6.50. The maximum atomic E-state index is 11.8. The number of carbonyl (C=O) groups is 1. The first kappa shape index (κ1) is 12.9. The molecule has 1 aromatic carbocycles. The molecule has 1 aliphatic carbocycles. The van der Waals surface area contributed by atoms with E-state index < -0.39 is 11.4 Å². The van der Waals surface area contributed by atoms with Crippen molar-refractivity contribution in [3.63, 3.8) is 0 Å². The Morgan fingerprint density at radius 1 is 1.28 bits per heavy atom. The Balaban J connectivity index is 2.64. The molecule has 0 unspecified atom stereocenters. The lowest BCUT2D eigenvalue weighted by Crippen LogP contribution is -2.35. The highest BCUT2D eigenvalue weighted by atomic mass is 16.4. The van der Waals surface area contributed by atoms with Gasteiger partial charge in [0.15, 0.2) is 0 Å². The predicted octanol–water partition coefficient (Wildman–Crippen LogP) is 2.96. The highest BCUT2D eigenvalue weighted by Gasteiger charge is 2.45. The minimum Gasteiger partial charge on any atom is -0.481 e. The summed E-state index contributed by atoms with van der Waals surface area (Å²) in [5.74, 6) is -0.669. The fraction of sp³-hybridized carbons (Fsp3) is 0.533. The molecule has 2 rings (SSSR count). The Labute approximate surface area is 108 Å². The molecule has 1 saturated carbocycles. The van der Waals surface area contributed by atoms with Crippen LogP contribution in [0, 0.1) is 6.92 Å². The van der Waals surface area contributed by atoms with E-state index in [4.69, 9.17) is 0 Å². The number of aliphatic carboxylic acids is 1. The zero-order chi connectivity index (χ0) is 13.3. The molecular formula is C15H21NO2. The number of carboxylic acid groups (broad SMARTS) is 1. The Morgan fingerprint density at radius 3 is 2.39 bits per heavy atom. The van der Waals surface area contributed by atoms with E-state index in [9.17, 15) is 9.90 Å². The third kappa shape index (κ3) is 1.88. The molecule has 1 N–H and O–H groups in total. The number of aryl methyl sites for hydroxylation is 1. The molecule has 0 bridgehead atoms. The molecule has 0 amide bonds. The van der Waals surface area contributed by atoms with Gasteiger partial charge in [-0.25, -0.2) is 0 Å². The molecule has 0 spiro atoms. The molecule has 1 aliphatic rings. The number of carboxylic acids is 1. The zero-order valence-electron chi connectivity index (χ0n) is 11.4. The van der Waals surface area contributed by atoms with Gasteiger partial charge in [0.05, 0.1) is 5.41 Å². The van der Waals surface area contributed by atoms with E-state index >= 15 is 0 Å². The van der Waals surface area contributed by atoms with E-state index in [1.165, 1.54) is 0 Å². The van der Waals surface area contributed by atoms with Gasteiger partial charge in [-0.1, -0.05) is 25.0 Å². The minimum atomic E-state index is -0.676. The van der Waals surface area contributed by atoms with Crippen LogP contribution in [-0.2, 0) is 10.2 Å². The molecule has 0 saturated heterocycles. The van der Waals surface area contributed by atoms with Crippen LogP contribution in [0.3, 0.4) is 0 Å². The molecule has 3 heteroatoms. The normalized spacial score (nSPS) is 17.7. The summed E-state index contributed by atoms with van der Waals surface area (Å²) in [5.41, 5.74) is 2.47. The van der Waals surface area contributed by atoms with Gasteiger partial charge >= 0.3 is 5.97 Å². The predicted molar refractivity (Wildman–Crippen MR) is 73.3 cm³/mol. The lowest BCUT2D eigenvalue weighted by Gasteiger charge is -2.31. The lowest BCUT2D eigenvalue weighted by molar-refractivity contribution is -0.143. The van der Waals surface area contributed by atoms with Gasteiger partial charge in [-0.15, -0.1) is 0 Å². The van der Waals surface area contributed by atoms with Crippen LogP contribution in [0.15, 0.2) is 18.2 Å². The first-order chi connectivity index (χ1) is 8.49. The van der Waals surface area contributed by atoms with Gasteiger partial charge in [0.2, 0.25) is 0 Å². The van der Waals surface area contributed by atoms with Crippen molar-refractivity contribution in [2.45, 2.75) is 38.0 Å². The van der Waals surface area contributed by atoms with Crippen molar-refractivity contribution in [2.75, 3.05) is 19.0 Å². The van der Waals surface area contributed by atoms with Gasteiger partial charge in [-0.05, 0) is 37.0 Å². The van der Waals surface area contributed by atoms with Crippen molar-refractivity contribution in [1.29, 1.82) is 0 Å². The van der Waals surface area contributed by atoms with Crippen molar-refractivity contribution >= 4 is 11.7 Å². The van der Waals surface area contributed by atoms with E-state index in [1.54, 1.807) is 0 Å². The molecule has 0 aliphatic heterocycles. The number of hydrogen-bond acceptors (Lipinski definition) is 2. The van der Waals surface area contributed by atoms with Gasteiger partial charge in [0, 0.05) is 19.8 Å². The Kier molecular flexibility index (Phi) is 3.33. The second-order valence-corrected chi connectivity index (χ2v) is 5.46. The van der Waals surface area contributed by atoms with Crippen LogP contribution in [0.2, 0.25) is 0 Å². The van der Waals surface area contributed by atoms with E-state index in [0.29, 0.717) is 0 Å². The number of nitrogens with zero attached hydrogens (tertiary/aromatic N) is 1. The Bertz CT molecular complexity index is 460. The smallest absolute Gasteiger partial charge is 0.314 e. The zero-order valence-corrected chi connectivity index (χ0v) is 11.4. The maximum Gasteiger partial charge on any atom is 0.314 e. The van der Waals surface area contributed by atoms with Crippen molar-refractivity contribution in [3.8, 4) is 0 Å². The maximum absolute atomic E-state index is 11.8. The third-order valence-electron chi connectivity index (χ3n) is 4.08. The lowest BCUT2D eigenvalue weighted by atomic mass is 9.76. The Hall–Kier alpha value is -1.51. The van der Waals surface area contributed by atoms with E-state index in [-0.39, 0.29) is 0 Å². The summed E-state index contributed by atoms with van der Waals surface area (Å²) in [7, 11) is 3.95. The van der Waals surface area contributed by atoms with Crippen LogP contribution in [-0.4, -0.2) is 25.2 Å². The van der Waals surface area contributed by atoms with Crippen LogP contribution < -0.4 is 4.90 Å². The number of anilines is 1. The number of benzene rings is 1. The quantitative estimate of drug-likeness (QED) is 0.892. The average Bonchev–Trinajstić information content (AvgIpc) is 2.78. The summed E-state index contributed by atoms with van der Waals surface area (Å²) in [6.07, 6.45) is 3.53. The molecule has 3 nitrogen and oxygen atoms in total. The summed E-state index contributed by atoms with van der Waals surface area (Å²) in [6, 6.07) is 6.04. The van der Waals surface area contributed by atoms with Crippen LogP contribution in [0.4, 0.5) is 5.69 Å². The largest absolute Gasteiger partial charge is 0.481 e. The summed E-state index contributed by atoms with van der Waals surface area (Å²) < 4.78 is 0. The molecule has 0 atom stereocenters. The molecule has 0 radical (unpaired) electrons. The minimum absolute atomic E-state index is 0.669. The molecule has 1 aromatic rings. The standard InChI is InChI=1S/C15H21NO2/c1-11-7-6-8-12(16(2)3)13(11)15(14(17)18)9-4-5-10-15/h6-8H,4-5,9-10H2,1-3H3,(H,17,18). The molecule has 98 valence electrons. The topological polar surface area (TPSA) is 40.5 Å². The third-order valence-corrected chi connectivity index (χ3v) is 4.08. The van der Waals surface area contributed by atoms with Gasteiger partial charge in [-0.3, -0.25) is 4.79 Å². The molecule has 18 heavy (non-hydrogen) atoms. The highest BCUT2D eigenvalue weighted by molar-refractivity contribution is 5.85. The summed E-state index contributed by atoms with van der Waals surface area (Å²) in [6.45, 7) is 2.02. The van der Waals surface area contributed by atoms with Gasteiger partial charge in [0.1, 0.15) is 0 Å². The van der Waals surface area contributed by atoms with Gasteiger partial charge in [-0.2, -0.15) is 0 Å². The second-order valence-electron chi connectivity index (χ2n) is 5.46.